The van der Waals surface area contributed by atoms with E-state index >= 15 is 0 Å². The molecular weight excluding hydrogens is 787 g/mol. The molecule has 0 aromatic heterocycles. The minimum atomic E-state index is -0.884. The van der Waals surface area contributed by atoms with Gasteiger partial charge in [-0.1, -0.05) is 176 Å². The third-order valence-electron chi connectivity index (χ3n) is 10.8. The number of hydrogen-bond donors (Lipinski definition) is 1. The smallest absolute Gasteiger partial charge is 0.362 e. The third-order valence-corrected chi connectivity index (χ3v) is 10.8. The van der Waals surface area contributed by atoms with E-state index < -0.39 is 18.1 Å². The lowest BCUT2D eigenvalue weighted by atomic mass is 10.1. The summed E-state index contributed by atoms with van der Waals surface area (Å²) in [6.07, 6.45) is 59.1. The SMILES string of the molecule is CCCCC/C=C/C/C=C/C/C=C/C/C=C/CCCCCCCC(=O)OCC(COCCC(C(=O)O)[N+](C)(C)C)OC(=O)CCCCCCC/C=C/C=C/C=C/CCCCCCC. The van der Waals surface area contributed by atoms with Gasteiger partial charge in [0.1, 0.15) is 6.61 Å². The monoisotopic (exact) mass is 881 g/mol. The molecular formula is C55H94NO7+. The number of rotatable bonds is 44. The molecule has 2 atom stereocenters. The summed E-state index contributed by atoms with van der Waals surface area (Å²) in [6, 6.07) is -0.627. The zero-order valence-electron chi connectivity index (χ0n) is 41.0. The summed E-state index contributed by atoms with van der Waals surface area (Å²) in [4.78, 5) is 37.1. The van der Waals surface area contributed by atoms with Crippen molar-refractivity contribution in [3.8, 4) is 0 Å². The van der Waals surface area contributed by atoms with Crippen LogP contribution in [0.2, 0.25) is 0 Å². The van der Waals surface area contributed by atoms with Crippen LogP contribution in [0.1, 0.15) is 194 Å². The van der Waals surface area contributed by atoms with Crippen LogP contribution in [0.4, 0.5) is 0 Å². The summed E-state index contributed by atoms with van der Waals surface area (Å²) in [5.74, 6) is -1.52. The normalized spacial score (nSPS) is 13.6. The van der Waals surface area contributed by atoms with Gasteiger partial charge in [-0.2, -0.15) is 0 Å². The second-order valence-electron chi connectivity index (χ2n) is 17.8. The van der Waals surface area contributed by atoms with E-state index in [0.717, 1.165) is 103 Å². The summed E-state index contributed by atoms with van der Waals surface area (Å²) in [5, 5.41) is 9.65. The Morgan fingerprint density at radius 3 is 1.40 bits per heavy atom. The molecule has 8 nitrogen and oxygen atoms in total. The van der Waals surface area contributed by atoms with Crippen LogP contribution in [0.15, 0.2) is 85.1 Å². The highest BCUT2D eigenvalue weighted by Crippen LogP contribution is 2.13. The Balaban J connectivity index is 4.37. The van der Waals surface area contributed by atoms with Crippen LogP contribution >= 0.6 is 0 Å². The number of esters is 2. The predicted molar refractivity (Wildman–Crippen MR) is 266 cm³/mol. The predicted octanol–water partition coefficient (Wildman–Crippen LogP) is 14.5. The number of hydrogen-bond acceptors (Lipinski definition) is 6. The van der Waals surface area contributed by atoms with Gasteiger partial charge in [-0.25, -0.2) is 4.79 Å². The second-order valence-corrected chi connectivity index (χ2v) is 17.8. The number of carbonyl (C=O) groups is 3. The van der Waals surface area contributed by atoms with Crippen molar-refractivity contribution in [2.45, 2.75) is 206 Å². The molecule has 63 heavy (non-hydrogen) atoms. The molecule has 0 rings (SSSR count). The molecule has 0 bridgehead atoms. The number of aliphatic carboxylic acids is 1. The lowest BCUT2D eigenvalue weighted by Gasteiger charge is -2.31. The average Bonchev–Trinajstić information content (AvgIpc) is 3.24. The maximum Gasteiger partial charge on any atom is 0.362 e. The number of nitrogens with zero attached hydrogens (tertiary/aromatic N) is 1. The first-order valence-electron chi connectivity index (χ1n) is 25.2. The highest BCUT2D eigenvalue weighted by molar-refractivity contribution is 5.72. The van der Waals surface area contributed by atoms with Crippen LogP contribution in [0, 0.1) is 0 Å². The van der Waals surface area contributed by atoms with E-state index in [-0.39, 0.29) is 36.2 Å². The standard InChI is InChI=1S/C55H93NO7/c1-6-8-10-12-14-16-18-20-22-24-26-27-28-30-31-33-35-37-39-41-43-45-53(57)62-50-51(49-61-48-47-52(55(59)60)56(3,4)5)63-54(58)46-44-42-40-38-36-34-32-29-25-23-21-19-17-15-13-11-9-7-2/h14,16,19-23,25-27,29-32,51-52H,6-13,15,17-18,24,28,33-50H2,1-5H3/p+1/b16-14+,21-19+,22-20+,25-23+,27-26+,31-30+,32-29+. The number of unbranched alkanes of at least 4 members (excludes halogenated alkanes) is 18. The number of carbonyl (C=O) groups excluding carboxylic acids is 2. The molecule has 360 valence electrons. The van der Waals surface area contributed by atoms with Gasteiger partial charge in [0, 0.05) is 19.3 Å². The first-order chi connectivity index (χ1) is 30.6. The van der Waals surface area contributed by atoms with Gasteiger partial charge in [0.2, 0.25) is 0 Å². The van der Waals surface area contributed by atoms with E-state index in [0.29, 0.717) is 19.3 Å². The summed E-state index contributed by atoms with van der Waals surface area (Å²) >= 11 is 0. The highest BCUT2D eigenvalue weighted by Gasteiger charge is 2.31. The maximum atomic E-state index is 12.8. The Hall–Kier alpha value is -3.49. The third kappa shape index (κ3) is 43.5. The van der Waals surface area contributed by atoms with E-state index in [9.17, 15) is 19.5 Å². The molecule has 0 aliphatic heterocycles. The number of ether oxygens (including phenoxy) is 3. The summed E-state index contributed by atoms with van der Waals surface area (Å²) in [7, 11) is 5.51. The Labute approximate surface area is 386 Å². The van der Waals surface area contributed by atoms with Crippen molar-refractivity contribution in [3.05, 3.63) is 85.1 Å². The van der Waals surface area contributed by atoms with Crippen molar-refractivity contribution in [2.75, 3.05) is 41.0 Å². The van der Waals surface area contributed by atoms with Crippen molar-refractivity contribution in [3.63, 3.8) is 0 Å². The van der Waals surface area contributed by atoms with Crippen LogP contribution in [0.5, 0.6) is 0 Å². The molecule has 8 heteroatoms. The van der Waals surface area contributed by atoms with Crippen LogP contribution in [0.3, 0.4) is 0 Å². The zero-order valence-corrected chi connectivity index (χ0v) is 41.0. The van der Waals surface area contributed by atoms with Crippen molar-refractivity contribution < 1.29 is 38.2 Å². The fourth-order valence-corrected chi connectivity index (χ4v) is 6.90. The molecule has 0 radical (unpaired) electrons. The van der Waals surface area contributed by atoms with Gasteiger partial charge in [-0.15, -0.1) is 0 Å². The van der Waals surface area contributed by atoms with Gasteiger partial charge in [-0.3, -0.25) is 9.59 Å². The number of likely N-dealkylation sites (N-methyl/N-ethyl adjacent to an activating group) is 1. The van der Waals surface area contributed by atoms with E-state index in [1.165, 1.54) is 57.8 Å². The minimum Gasteiger partial charge on any atom is -0.477 e. The van der Waals surface area contributed by atoms with Gasteiger partial charge < -0.3 is 23.8 Å². The topological polar surface area (TPSA) is 99.1 Å². The minimum absolute atomic E-state index is 0.0417. The van der Waals surface area contributed by atoms with Crippen molar-refractivity contribution >= 4 is 17.9 Å². The quantitative estimate of drug-likeness (QED) is 0.0214. The average molecular weight is 881 g/mol. The molecule has 0 saturated heterocycles. The van der Waals surface area contributed by atoms with E-state index in [1.807, 2.05) is 21.1 Å². The van der Waals surface area contributed by atoms with Gasteiger partial charge in [0.05, 0.1) is 34.4 Å². The van der Waals surface area contributed by atoms with Crippen LogP contribution in [0.25, 0.3) is 0 Å². The lowest BCUT2D eigenvalue weighted by molar-refractivity contribution is -0.887. The molecule has 0 amide bonds. The largest absolute Gasteiger partial charge is 0.477 e. The Bertz CT molecular complexity index is 1300. The van der Waals surface area contributed by atoms with E-state index in [4.69, 9.17) is 14.2 Å². The Morgan fingerprint density at radius 2 is 0.905 bits per heavy atom. The molecule has 0 fully saturated rings. The van der Waals surface area contributed by atoms with Gasteiger partial charge in [0.15, 0.2) is 12.1 Å². The van der Waals surface area contributed by atoms with Crippen molar-refractivity contribution in [1.29, 1.82) is 0 Å². The van der Waals surface area contributed by atoms with Gasteiger partial charge in [0.25, 0.3) is 0 Å². The van der Waals surface area contributed by atoms with Gasteiger partial charge in [-0.05, 0) is 83.5 Å². The van der Waals surface area contributed by atoms with Crippen LogP contribution < -0.4 is 0 Å². The first kappa shape index (κ1) is 59.5. The second kappa shape index (κ2) is 45.1. The molecule has 0 saturated carbocycles. The zero-order chi connectivity index (χ0) is 46.3. The Morgan fingerprint density at radius 1 is 0.492 bits per heavy atom. The molecule has 0 heterocycles. The molecule has 2 unspecified atom stereocenters. The van der Waals surface area contributed by atoms with E-state index in [1.54, 1.807) is 0 Å². The van der Waals surface area contributed by atoms with Gasteiger partial charge >= 0.3 is 17.9 Å². The fourth-order valence-electron chi connectivity index (χ4n) is 6.90. The van der Waals surface area contributed by atoms with E-state index in [2.05, 4.69) is 98.9 Å². The summed E-state index contributed by atoms with van der Waals surface area (Å²) < 4.78 is 17.3. The fraction of sp³-hybridized carbons (Fsp3) is 0.691. The summed E-state index contributed by atoms with van der Waals surface area (Å²) in [5.41, 5.74) is 0. The molecule has 0 spiro atoms. The Kier molecular flexibility index (Phi) is 42.6. The number of carboxylic acid groups (broad SMARTS) is 1. The van der Waals surface area contributed by atoms with Crippen LogP contribution in [-0.4, -0.2) is 80.6 Å². The molecule has 0 aromatic rings. The maximum absolute atomic E-state index is 12.8. The molecule has 0 aliphatic carbocycles. The number of carboxylic acids is 1. The number of quaternary nitrogens is 1. The highest BCUT2D eigenvalue weighted by atomic mass is 16.6. The van der Waals surface area contributed by atoms with Crippen molar-refractivity contribution in [1.82, 2.24) is 0 Å². The lowest BCUT2D eigenvalue weighted by Crippen LogP contribution is -2.50. The van der Waals surface area contributed by atoms with Crippen LogP contribution in [-0.2, 0) is 28.6 Å². The summed E-state index contributed by atoms with van der Waals surface area (Å²) in [6.45, 7) is 4.65. The number of allylic oxidation sites excluding steroid dienone is 14. The first-order valence-corrected chi connectivity index (χ1v) is 25.2. The molecule has 0 aromatic carbocycles. The van der Waals surface area contributed by atoms with Crippen molar-refractivity contribution in [2.24, 2.45) is 0 Å². The molecule has 1 N–H and O–H groups in total. The molecule has 0 aliphatic rings.